The Kier molecular flexibility index (Phi) is 4.99. The van der Waals surface area contributed by atoms with Crippen LogP contribution in [0.5, 0.6) is 0 Å². The molecule has 8 heteroatoms. The zero-order valence-corrected chi connectivity index (χ0v) is 16.2. The molecule has 2 aromatic carbocycles. The van der Waals surface area contributed by atoms with Crippen molar-refractivity contribution in [2.24, 2.45) is 0 Å². The van der Waals surface area contributed by atoms with Gasteiger partial charge in [-0.15, -0.1) is 0 Å². The van der Waals surface area contributed by atoms with E-state index in [9.17, 15) is 12.8 Å². The molecule has 0 bridgehead atoms. The number of sulfonamides is 1. The highest BCUT2D eigenvalue weighted by atomic mass is 32.2. The zero-order valence-electron chi connectivity index (χ0n) is 15.4. The molecule has 4 rings (SSSR count). The lowest BCUT2D eigenvalue weighted by Crippen LogP contribution is -2.38. The van der Waals surface area contributed by atoms with Crippen LogP contribution in [0.4, 0.5) is 4.39 Å². The second kappa shape index (κ2) is 7.44. The van der Waals surface area contributed by atoms with Crippen molar-refractivity contribution in [3.05, 3.63) is 65.7 Å². The molecule has 1 saturated heterocycles. The third-order valence-corrected chi connectivity index (χ3v) is 6.87. The maximum absolute atomic E-state index is 13.1. The van der Waals surface area contributed by atoms with Gasteiger partial charge >= 0.3 is 0 Å². The van der Waals surface area contributed by atoms with Crippen molar-refractivity contribution in [2.75, 3.05) is 13.1 Å². The monoisotopic (exact) mass is 401 g/mol. The number of aryl methyl sites for hydroxylation is 1. The van der Waals surface area contributed by atoms with Crippen LogP contribution >= 0.6 is 0 Å². The molecule has 1 fully saturated rings. The van der Waals surface area contributed by atoms with E-state index >= 15 is 0 Å². The zero-order chi connectivity index (χ0) is 19.7. The second-order valence-corrected chi connectivity index (χ2v) is 8.90. The first kappa shape index (κ1) is 18.8. The fraction of sp³-hybridized carbons (Fsp3) is 0.300. The molecular weight excluding hydrogens is 381 g/mol. The maximum atomic E-state index is 13.1. The summed E-state index contributed by atoms with van der Waals surface area (Å²) >= 11 is 0. The minimum atomic E-state index is -3.50. The van der Waals surface area contributed by atoms with E-state index in [1.54, 1.807) is 30.3 Å². The van der Waals surface area contributed by atoms with Crippen molar-refractivity contribution >= 4 is 10.0 Å². The van der Waals surface area contributed by atoms with Gasteiger partial charge in [-0.3, -0.25) is 0 Å². The van der Waals surface area contributed by atoms with E-state index in [1.807, 2.05) is 13.0 Å². The molecule has 1 aliphatic rings. The Hall–Kier alpha value is -2.58. The first-order valence-corrected chi connectivity index (χ1v) is 10.5. The van der Waals surface area contributed by atoms with Gasteiger partial charge < -0.3 is 4.52 Å². The summed E-state index contributed by atoms with van der Waals surface area (Å²) in [4.78, 5) is 4.75. The SMILES string of the molecule is Cc1cccc(S(=O)(=O)N2CCC(c3noc(-c4ccc(F)cc4)n3)CC2)c1. The average molecular weight is 401 g/mol. The molecule has 1 aliphatic heterocycles. The Morgan fingerprint density at radius 3 is 2.50 bits per heavy atom. The van der Waals surface area contributed by atoms with Crippen LogP contribution in [-0.2, 0) is 10.0 Å². The van der Waals surface area contributed by atoms with E-state index in [-0.39, 0.29) is 11.7 Å². The van der Waals surface area contributed by atoms with Gasteiger partial charge in [0.2, 0.25) is 10.0 Å². The van der Waals surface area contributed by atoms with Gasteiger partial charge in [-0.25, -0.2) is 12.8 Å². The topological polar surface area (TPSA) is 76.3 Å². The van der Waals surface area contributed by atoms with E-state index < -0.39 is 10.0 Å². The minimum Gasteiger partial charge on any atom is -0.334 e. The summed E-state index contributed by atoms with van der Waals surface area (Å²) in [5.74, 6) is 0.601. The number of hydrogen-bond acceptors (Lipinski definition) is 5. The number of nitrogens with zero attached hydrogens (tertiary/aromatic N) is 3. The van der Waals surface area contributed by atoms with E-state index in [2.05, 4.69) is 10.1 Å². The Balaban J connectivity index is 1.45. The van der Waals surface area contributed by atoms with Gasteiger partial charge in [0.25, 0.3) is 5.89 Å². The van der Waals surface area contributed by atoms with Crippen LogP contribution in [0.25, 0.3) is 11.5 Å². The number of halogens is 1. The summed E-state index contributed by atoms with van der Waals surface area (Å²) in [5.41, 5.74) is 1.57. The molecular formula is C20H20FN3O3S. The van der Waals surface area contributed by atoms with Gasteiger partial charge in [0.1, 0.15) is 5.82 Å². The molecule has 1 aromatic heterocycles. The summed E-state index contributed by atoms with van der Waals surface area (Å²) in [6.07, 6.45) is 1.24. The molecule has 2 heterocycles. The van der Waals surface area contributed by atoms with Gasteiger partial charge in [0.15, 0.2) is 5.82 Å². The van der Waals surface area contributed by atoms with E-state index in [1.165, 1.54) is 16.4 Å². The number of piperidine rings is 1. The predicted octanol–water partition coefficient (Wildman–Crippen LogP) is 3.75. The van der Waals surface area contributed by atoms with Gasteiger partial charge in [0, 0.05) is 24.6 Å². The Bertz CT molecular complexity index is 1070. The second-order valence-electron chi connectivity index (χ2n) is 6.96. The highest BCUT2D eigenvalue weighted by Gasteiger charge is 2.31. The number of aromatic nitrogens is 2. The largest absolute Gasteiger partial charge is 0.334 e. The van der Waals surface area contributed by atoms with Crippen LogP contribution in [0.15, 0.2) is 57.9 Å². The quantitative estimate of drug-likeness (QED) is 0.665. The van der Waals surface area contributed by atoms with Crippen molar-refractivity contribution in [2.45, 2.75) is 30.6 Å². The maximum Gasteiger partial charge on any atom is 0.257 e. The molecule has 0 amide bonds. The van der Waals surface area contributed by atoms with Crippen LogP contribution in [0.2, 0.25) is 0 Å². The highest BCUT2D eigenvalue weighted by molar-refractivity contribution is 7.89. The van der Waals surface area contributed by atoms with Crippen LogP contribution in [0.3, 0.4) is 0 Å². The molecule has 28 heavy (non-hydrogen) atoms. The van der Waals surface area contributed by atoms with Crippen LogP contribution in [-0.4, -0.2) is 36.0 Å². The normalized spacial score (nSPS) is 16.4. The molecule has 0 radical (unpaired) electrons. The number of rotatable bonds is 4. The summed E-state index contributed by atoms with van der Waals surface area (Å²) in [5, 5.41) is 4.05. The first-order chi connectivity index (χ1) is 13.4. The Labute approximate surface area is 163 Å². The van der Waals surface area contributed by atoms with Crippen molar-refractivity contribution in [1.29, 1.82) is 0 Å². The fourth-order valence-corrected chi connectivity index (χ4v) is 4.96. The van der Waals surface area contributed by atoms with Gasteiger partial charge in [-0.2, -0.15) is 9.29 Å². The smallest absolute Gasteiger partial charge is 0.257 e. The summed E-state index contributed by atoms with van der Waals surface area (Å²) < 4.78 is 45.6. The van der Waals surface area contributed by atoms with Crippen molar-refractivity contribution in [3.63, 3.8) is 0 Å². The first-order valence-electron chi connectivity index (χ1n) is 9.10. The number of hydrogen-bond donors (Lipinski definition) is 0. The standard InChI is InChI=1S/C20H20FN3O3S/c1-14-3-2-4-18(13-14)28(25,26)24-11-9-15(10-12-24)19-22-20(27-23-19)16-5-7-17(21)8-6-16/h2-8,13,15H,9-12H2,1H3. The van der Waals surface area contributed by atoms with Crippen molar-refractivity contribution in [3.8, 4) is 11.5 Å². The lowest BCUT2D eigenvalue weighted by Gasteiger charge is -2.29. The molecule has 0 atom stereocenters. The Morgan fingerprint density at radius 2 is 1.82 bits per heavy atom. The van der Waals surface area contributed by atoms with E-state index in [4.69, 9.17) is 4.52 Å². The van der Waals surface area contributed by atoms with Crippen molar-refractivity contribution in [1.82, 2.24) is 14.4 Å². The molecule has 0 saturated carbocycles. The van der Waals surface area contributed by atoms with Gasteiger partial charge in [-0.05, 0) is 61.7 Å². The lowest BCUT2D eigenvalue weighted by molar-refractivity contribution is 0.307. The van der Waals surface area contributed by atoms with Gasteiger partial charge in [-0.1, -0.05) is 17.3 Å². The van der Waals surface area contributed by atoms with Gasteiger partial charge in [0.05, 0.1) is 4.90 Å². The molecule has 146 valence electrons. The molecule has 3 aromatic rings. The molecule has 0 aliphatic carbocycles. The fourth-order valence-electron chi connectivity index (χ4n) is 3.39. The Morgan fingerprint density at radius 1 is 1.11 bits per heavy atom. The predicted molar refractivity (Wildman–Crippen MR) is 102 cm³/mol. The molecule has 0 spiro atoms. The average Bonchev–Trinajstić information content (AvgIpc) is 3.19. The lowest BCUT2D eigenvalue weighted by atomic mass is 9.97. The van der Waals surface area contributed by atoms with E-state index in [0.717, 1.165) is 5.56 Å². The summed E-state index contributed by atoms with van der Waals surface area (Å²) in [6.45, 7) is 2.68. The van der Waals surface area contributed by atoms with Crippen LogP contribution < -0.4 is 0 Å². The summed E-state index contributed by atoms with van der Waals surface area (Å²) in [6, 6.07) is 12.8. The van der Waals surface area contributed by atoms with Crippen LogP contribution in [0, 0.1) is 12.7 Å². The minimum absolute atomic E-state index is 0.0295. The van der Waals surface area contributed by atoms with Crippen molar-refractivity contribution < 1.29 is 17.3 Å². The van der Waals surface area contributed by atoms with Crippen LogP contribution in [0.1, 0.15) is 30.1 Å². The molecule has 6 nitrogen and oxygen atoms in total. The molecule has 0 N–H and O–H groups in total. The third-order valence-electron chi connectivity index (χ3n) is 4.98. The summed E-state index contributed by atoms with van der Waals surface area (Å²) in [7, 11) is -3.50. The van der Waals surface area contributed by atoms with E-state index in [0.29, 0.717) is 48.1 Å². The number of benzene rings is 2. The third kappa shape index (κ3) is 3.70. The molecule has 0 unspecified atom stereocenters. The highest BCUT2D eigenvalue weighted by Crippen LogP contribution is 2.30.